The van der Waals surface area contributed by atoms with Crippen molar-refractivity contribution in [1.29, 1.82) is 0 Å². The number of benzene rings is 2. The van der Waals surface area contributed by atoms with Crippen molar-refractivity contribution in [3.63, 3.8) is 0 Å². The van der Waals surface area contributed by atoms with Gasteiger partial charge in [0, 0.05) is 22.9 Å². The number of anilines is 2. The summed E-state index contributed by atoms with van der Waals surface area (Å²) in [6.45, 7) is 4.25. The highest BCUT2D eigenvalue weighted by Gasteiger charge is 2.18. The molecule has 0 aliphatic carbocycles. The fourth-order valence-corrected chi connectivity index (χ4v) is 4.24. The first-order chi connectivity index (χ1) is 13.7. The molecule has 2 rings (SSSR count). The summed E-state index contributed by atoms with van der Waals surface area (Å²) in [5, 5.41) is 2.65. The molecule has 0 spiro atoms. The molecule has 29 heavy (non-hydrogen) atoms. The number of amides is 1. The number of thioether (sulfide) groups is 1. The van der Waals surface area contributed by atoms with Crippen molar-refractivity contribution < 1.29 is 26.7 Å². The summed E-state index contributed by atoms with van der Waals surface area (Å²) in [6.07, 6.45) is 0.158. The number of carbonyl (C=O) groups is 1. The van der Waals surface area contributed by atoms with Gasteiger partial charge >= 0.3 is 0 Å². The van der Waals surface area contributed by atoms with E-state index in [0.717, 1.165) is 0 Å². The van der Waals surface area contributed by atoms with Crippen LogP contribution in [0.3, 0.4) is 0 Å². The number of ether oxygens (including phenoxy) is 1. The summed E-state index contributed by atoms with van der Waals surface area (Å²) < 4.78 is 57.9. The van der Waals surface area contributed by atoms with Crippen LogP contribution >= 0.6 is 11.8 Å². The molecule has 0 fully saturated rings. The van der Waals surface area contributed by atoms with E-state index in [4.69, 9.17) is 4.74 Å². The highest BCUT2D eigenvalue weighted by Crippen LogP contribution is 2.28. The Bertz CT molecular complexity index is 936. The Hall–Kier alpha value is -2.17. The summed E-state index contributed by atoms with van der Waals surface area (Å²) >= 11 is 0.379. The van der Waals surface area contributed by atoms with E-state index in [0.29, 0.717) is 34.5 Å². The van der Waals surface area contributed by atoms with Crippen LogP contribution < -0.4 is 10.0 Å². The number of hydrogen-bond acceptors (Lipinski definition) is 5. The Labute approximate surface area is 173 Å². The maximum Gasteiger partial charge on any atom is 0.288 e. The van der Waals surface area contributed by atoms with Crippen LogP contribution in [0.1, 0.15) is 18.9 Å². The quantitative estimate of drug-likeness (QED) is 0.417. The number of alkyl halides is 2. The molecular formula is C19H22F2N2O4S2. The third-order valence-electron chi connectivity index (χ3n) is 3.77. The van der Waals surface area contributed by atoms with Crippen molar-refractivity contribution in [2.45, 2.75) is 35.8 Å². The summed E-state index contributed by atoms with van der Waals surface area (Å²) in [5.74, 6) is -2.84. The molecule has 0 aliphatic heterocycles. The van der Waals surface area contributed by atoms with Gasteiger partial charge in [0.25, 0.3) is 15.8 Å². The number of rotatable bonds is 10. The minimum atomic E-state index is -3.94. The van der Waals surface area contributed by atoms with Crippen LogP contribution in [-0.4, -0.2) is 33.3 Å². The SMILES string of the molecule is CCOCCC(=O)Nc1ccc(C)c(S(=O)(=O)Nc2ccc(SC(F)F)cc2)c1. The molecule has 1 amide bonds. The normalized spacial score (nSPS) is 11.5. The van der Waals surface area contributed by atoms with Crippen LogP contribution in [0, 0.1) is 6.92 Å². The topological polar surface area (TPSA) is 84.5 Å². The van der Waals surface area contributed by atoms with E-state index < -0.39 is 15.8 Å². The molecule has 158 valence electrons. The van der Waals surface area contributed by atoms with Crippen LogP contribution in [0.5, 0.6) is 0 Å². The molecule has 0 radical (unpaired) electrons. The van der Waals surface area contributed by atoms with Gasteiger partial charge in [-0.3, -0.25) is 9.52 Å². The Morgan fingerprint density at radius 1 is 1.14 bits per heavy atom. The molecule has 0 unspecified atom stereocenters. The third-order valence-corrected chi connectivity index (χ3v) is 6.02. The Morgan fingerprint density at radius 3 is 2.41 bits per heavy atom. The van der Waals surface area contributed by atoms with Crippen LogP contribution in [0.4, 0.5) is 20.2 Å². The highest BCUT2D eigenvalue weighted by molar-refractivity contribution is 7.99. The van der Waals surface area contributed by atoms with Gasteiger partial charge in [0.15, 0.2) is 0 Å². The Balaban J connectivity index is 2.13. The fraction of sp³-hybridized carbons (Fsp3) is 0.316. The molecule has 0 aromatic heterocycles. The Kier molecular flexibility index (Phi) is 8.42. The molecule has 6 nitrogen and oxygen atoms in total. The second-order valence-electron chi connectivity index (χ2n) is 5.98. The lowest BCUT2D eigenvalue weighted by Gasteiger charge is -2.13. The lowest BCUT2D eigenvalue weighted by molar-refractivity contribution is -0.117. The maximum absolute atomic E-state index is 12.8. The second-order valence-corrected chi connectivity index (χ2v) is 8.70. The van der Waals surface area contributed by atoms with Gasteiger partial charge in [0.1, 0.15) is 0 Å². The molecule has 0 heterocycles. The lowest BCUT2D eigenvalue weighted by atomic mass is 10.2. The fourth-order valence-electron chi connectivity index (χ4n) is 2.41. The highest BCUT2D eigenvalue weighted by atomic mass is 32.2. The number of carbonyl (C=O) groups excluding carboxylic acids is 1. The van der Waals surface area contributed by atoms with Gasteiger partial charge in [0.05, 0.1) is 17.9 Å². The second kappa shape index (κ2) is 10.6. The van der Waals surface area contributed by atoms with Crippen molar-refractivity contribution in [2.24, 2.45) is 0 Å². The van der Waals surface area contributed by atoms with Crippen molar-refractivity contribution in [2.75, 3.05) is 23.3 Å². The predicted octanol–water partition coefficient (Wildman–Crippen LogP) is 4.48. The van der Waals surface area contributed by atoms with E-state index in [1.165, 1.54) is 30.3 Å². The Morgan fingerprint density at radius 2 is 1.79 bits per heavy atom. The van der Waals surface area contributed by atoms with E-state index in [9.17, 15) is 22.0 Å². The maximum atomic E-state index is 12.8. The van der Waals surface area contributed by atoms with Crippen LogP contribution in [-0.2, 0) is 19.6 Å². The van der Waals surface area contributed by atoms with Gasteiger partial charge in [-0.2, -0.15) is 8.78 Å². The van der Waals surface area contributed by atoms with E-state index in [1.807, 2.05) is 6.92 Å². The standard InChI is InChI=1S/C19H22F2N2O4S2/c1-3-27-11-10-18(24)22-15-5-4-13(2)17(12-15)29(25,26)23-14-6-8-16(9-7-14)28-19(20)21/h4-9,12,19,23H,3,10-11H2,1-2H3,(H,22,24). The summed E-state index contributed by atoms with van der Waals surface area (Å²) in [4.78, 5) is 12.3. The van der Waals surface area contributed by atoms with Gasteiger partial charge in [-0.05, 0) is 55.8 Å². The van der Waals surface area contributed by atoms with E-state index in [1.54, 1.807) is 19.1 Å². The number of aryl methyl sites for hydroxylation is 1. The number of hydrogen-bond donors (Lipinski definition) is 2. The molecule has 2 aromatic carbocycles. The van der Waals surface area contributed by atoms with E-state index in [-0.39, 0.29) is 29.5 Å². The molecule has 0 aliphatic rings. The summed E-state index contributed by atoms with van der Waals surface area (Å²) in [6, 6.07) is 10.2. The zero-order valence-corrected chi connectivity index (χ0v) is 17.6. The zero-order chi connectivity index (χ0) is 21.4. The number of nitrogens with one attached hydrogen (secondary N) is 2. The summed E-state index contributed by atoms with van der Waals surface area (Å²) in [5.41, 5.74) is 1.09. The molecular weight excluding hydrogens is 422 g/mol. The van der Waals surface area contributed by atoms with Crippen LogP contribution in [0.25, 0.3) is 0 Å². The summed E-state index contributed by atoms with van der Waals surface area (Å²) in [7, 11) is -3.94. The van der Waals surface area contributed by atoms with Crippen molar-refractivity contribution >= 4 is 39.1 Å². The molecule has 2 aromatic rings. The molecule has 0 saturated heterocycles. The van der Waals surface area contributed by atoms with Gasteiger partial charge in [0.2, 0.25) is 5.91 Å². The molecule has 0 bridgehead atoms. The van der Waals surface area contributed by atoms with Gasteiger partial charge in [-0.25, -0.2) is 8.42 Å². The van der Waals surface area contributed by atoms with Gasteiger partial charge in [-0.15, -0.1) is 0 Å². The van der Waals surface area contributed by atoms with Crippen molar-refractivity contribution in [3.05, 3.63) is 48.0 Å². The van der Waals surface area contributed by atoms with E-state index in [2.05, 4.69) is 10.0 Å². The molecule has 0 atom stereocenters. The van der Waals surface area contributed by atoms with Crippen LogP contribution in [0.2, 0.25) is 0 Å². The lowest BCUT2D eigenvalue weighted by Crippen LogP contribution is -2.17. The minimum Gasteiger partial charge on any atom is -0.381 e. The monoisotopic (exact) mass is 444 g/mol. The molecule has 2 N–H and O–H groups in total. The minimum absolute atomic E-state index is 0.00569. The first kappa shape index (κ1) is 23.1. The average molecular weight is 445 g/mol. The first-order valence-electron chi connectivity index (χ1n) is 8.77. The third kappa shape index (κ3) is 7.30. The smallest absolute Gasteiger partial charge is 0.288 e. The van der Waals surface area contributed by atoms with Crippen LogP contribution in [0.15, 0.2) is 52.3 Å². The van der Waals surface area contributed by atoms with Gasteiger partial charge < -0.3 is 10.1 Å². The largest absolute Gasteiger partial charge is 0.381 e. The number of sulfonamides is 1. The number of halogens is 2. The predicted molar refractivity (Wildman–Crippen MR) is 110 cm³/mol. The first-order valence-corrected chi connectivity index (χ1v) is 11.1. The van der Waals surface area contributed by atoms with Crippen molar-refractivity contribution in [3.8, 4) is 0 Å². The molecule has 0 saturated carbocycles. The van der Waals surface area contributed by atoms with E-state index >= 15 is 0 Å². The average Bonchev–Trinajstić information content (AvgIpc) is 2.64. The van der Waals surface area contributed by atoms with Crippen molar-refractivity contribution in [1.82, 2.24) is 0 Å². The van der Waals surface area contributed by atoms with Gasteiger partial charge in [-0.1, -0.05) is 17.8 Å². The molecule has 10 heteroatoms. The zero-order valence-electron chi connectivity index (χ0n) is 15.9.